The van der Waals surface area contributed by atoms with Crippen molar-refractivity contribution in [3.63, 3.8) is 0 Å². The number of hydrogen-bond donors (Lipinski definition) is 2. The summed E-state index contributed by atoms with van der Waals surface area (Å²) in [7, 11) is 0. The van der Waals surface area contributed by atoms with Crippen LogP contribution in [0.3, 0.4) is 0 Å². The number of fused-ring (bicyclic) bond motifs is 1. The molecule has 0 spiro atoms. The zero-order valence-electron chi connectivity index (χ0n) is 14.9. The number of hydrogen-bond acceptors (Lipinski definition) is 4. The van der Waals surface area contributed by atoms with Crippen LogP contribution in [0, 0.1) is 5.92 Å². The van der Waals surface area contributed by atoms with Crippen molar-refractivity contribution in [1.29, 1.82) is 0 Å². The average Bonchev–Trinajstić information content (AvgIpc) is 2.59. The van der Waals surface area contributed by atoms with Crippen molar-refractivity contribution in [2.45, 2.75) is 40.0 Å². The summed E-state index contributed by atoms with van der Waals surface area (Å²) < 4.78 is 0. The van der Waals surface area contributed by atoms with E-state index in [4.69, 9.17) is 0 Å². The number of hydrazone groups is 1. The fourth-order valence-corrected chi connectivity index (χ4v) is 2.45. The molecule has 2 aromatic rings. The topological polar surface area (TPSA) is 87.2 Å². The highest BCUT2D eigenvalue weighted by atomic mass is 16.2. The summed E-state index contributed by atoms with van der Waals surface area (Å²) in [5.74, 6) is 0.0455. The molecule has 0 aliphatic heterocycles. The Labute approximate surface area is 147 Å². The second-order valence-electron chi connectivity index (χ2n) is 6.40. The first-order valence-corrected chi connectivity index (χ1v) is 8.41. The monoisotopic (exact) mass is 340 g/mol. The van der Waals surface area contributed by atoms with Crippen LogP contribution in [0.25, 0.3) is 10.8 Å². The van der Waals surface area contributed by atoms with Crippen LogP contribution >= 0.6 is 0 Å². The number of carbonyl (C=O) groups excluding carboxylic acids is 1. The Balaban J connectivity index is 1.94. The highest BCUT2D eigenvalue weighted by molar-refractivity contribution is 6.04. The molecule has 6 nitrogen and oxygen atoms in total. The first-order chi connectivity index (χ1) is 12.0. The second kappa shape index (κ2) is 8.92. The number of carbonyl (C=O) groups is 1. The highest BCUT2D eigenvalue weighted by Crippen LogP contribution is 2.12. The van der Waals surface area contributed by atoms with Gasteiger partial charge in [0.25, 0.3) is 11.5 Å². The van der Waals surface area contributed by atoms with Gasteiger partial charge in [-0.05, 0) is 45.1 Å². The first-order valence-electron chi connectivity index (χ1n) is 8.41. The van der Waals surface area contributed by atoms with Gasteiger partial charge in [0, 0.05) is 11.6 Å². The standard InChI is InChI=1S/C19H24N4O2/c1-13(2)7-6-8-14(3)11-12-20-22-19(25)17-15-9-4-5-10-16(15)18(24)23-21-17/h4-5,7,9-10,12,14H,6,8,11H2,1-3H3,(H,22,25)(H,23,24)/b20-12-/t14-/m1/s1. The van der Waals surface area contributed by atoms with E-state index in [0.717, 1.165) is 19.3 Å². The SMILES string of the molecule is CC(C)=CCC[C@@H](C)C/C=N\NC(=O)c1n[nH]c(=O)c2ccccc12. The lowest BCUT2D eigenvalue weighted by atomic mass is 10.0. The Hall–Kier alpha value is -2.76. The highest BCUT2D eigenvalue weighted by Gasteiger charge is 2.13. The molecule has 1 heterocycles. The number of aromatic amines is 1. The van der Waals surface area contributed by atoms with E-state index >= 15 is 0 Å². The molecule has 1 aromatic carbocycles. The van der Waals surface area contributed by atoms with Gasteiger partial charge in [-0.15, -0.1) is 0 Å². The summed E-state index contributed by atoms with van der Waals surface area (Å²) in [6.07, 6.45) is 6.85. The van der Waals surface area contributed by atoms with Crippen molar-refractivity contribution in [2.75, 3.05) is 0 Å². The molecule has 132 valence electrons. The van der Waals surface area contributed by atoms with Gasteiger partial charge >= 0.3 is 0 Å². The first kappa shape index (κ1) is 18.6. The van der Waals surface area contributed by atoms with Crippen LogP contribution in [0.5, 0.6) is 0 Å². The summed E-state index contributed by atoms with van der Waals surface area (Å²) in [5.41, 5.74) is 3.64. The minimum atomic E-state index is -0.444. The minimum Gasteiger partial charge on any atom is -0.267 e. The molecule has 2 N–H and O–H groups in total. The molecule has 0 fully saturated rings. The number of allylic oxidation sites excluding steroid dienone is 2. The Morgan fingerprint density at radius 1 is 1.32 bits per heavy atom. The summed E-state index contributed by atoms with van der Waals surface area (Å²) in [6.45, 7) is 6.34. The maximum Gasteiger partial charge on any atom is 0.292 e. The summed E-state index contributed by atoms with van der Waals surface area (Å²) in [5, 5.41) is 11.1. The van der Waals surface area contributed by atoms with E-state index in [1.54, 1.807) is 30.5 Å². The lowest BCUT2D eigenvalue weighted by Gasteiger charge is -2.06. The molecule has 0 bridgehead atoms. The van der Waals surface area contributed by atoms with Crippen molar-refractivity contribution in [2.24, 2.45) is 11.0 Å². The van der Waals surface area contributed by atoms with E-state index in [2.05, 4.69) is 47.6 Å². The molecule has 0 aliphatic rings. The third-order valence-corrected chi connectivity index (χ3v) is 3.89. The van der Waals surface area contributed by atoms with Gasteiger partial charge in [-0.3, -0.25) is 9.59 Å². The van der Waals surface area contributed by atoms with Crippen molar-refractivity contribution in [3.8, 4) is 0 Å². The molecular formula is C19H24N4O2. The maximum absolute atomic E-state index is 12.2. The Kier molecular flexibility index (Phi) is 6.62. The summed E-state index contributed by atoms with van der Waals surface area (Å²) in [6, 6.07) is 6.86. The number of H-pyrrole nitrogens is 1. The van der Waals surface area contributed by atoms with Gasteiger partial charge in [0.1, 0.15) is 0 Å². The van der Waals surface area contributed by atoms with Gasteiger partial charge < -0.3 is 0 Å². The molecular weight excluding hydrogens is 316 g/mol. The van der Waals surface area contributed by atoms with E-state index in [1.807, 2.05) is 0 Å². The van der Waals surface area contributed by atoms with Crippen LogP contribution in [0.1, 0.15) is 50.5 Å². The van der Waals surface area contributed by atoms with Gasteiger partial charge in [-0.25, -0.2) is 10.5 Å². The molecule has 0 radical (unpaired) electrons. The average molecular weight is 340 g/mol. The minimum absolute atomic E-state index is 0.156. The van der Waals surface area contributed by atoms with Crippen molar-refractivity contribution in [1.82, 2.24) is 15.6 Å². The molecule has 1 aromatic heterocycles. The van der Waals surface area contributed by atoms with Crippen LogP contribution in [-0.2, 0) is 0 Å². The second-order valence-corrected chi connectivity index (χ2v) is 6.40. The third kappa shape index (κ3) is 5.38. The number of amides is 1. The van der Waals surface area contributed by atoms with Crippen LogP contribution < -0.4 is 11.0 Å². The van der Waals surface area contributed by atoms with Crippen molar-refractivity contribution in [3.05, 3.63) is 52.0 Å². The fraction of sp³-hybridized carbons (Fsp3) is 0.368. The molecule has 25 heavy (non-hydrogen) atoms. The number of rotatable bonds is 7. The van der Waals surface area contributed by atoms with Gasteiger partial charge in [-0.2, -0.15) is 10.2 Å². The summed E-state index contributed by atoms with van der Waals surface area (Å²) in [4.78, 5) is 24.0. The number of nitrogens with one attached hydrogen (secondary N) is 2. The van der Waals surface area contributed by atoms with Crippen LogP contribution in [0.15, 0.2) is 45.8 Å². The quantitative estimate of drug-likeness (QED) is 0.460. The number of nitrogens with zero attached hydrogens (tertiary/aromatic N) is 2. The smallest absolute Gasteiger partial charge is 0.267 e. The third-order valence-electron chi connectivity index (χ3n) is 3.89. The van der Waals surface area contributed by atoms with E-state index in [1.165, 1.54) is 5.57 Å². The molecule has 0 aliphatic carbocycles. The number of benzene rings is 1. The van der Waals surface area contributed by atoms with Gasteiger partial charge in [0.2, 0.25) is 0 Å². The Bertz CT molecular complexity index is 848. The van der Waals surface area contributed by atoms with E-state index in [9.17, 15) is 9.59 Å². The van der Waals surface area contributed by atoms with Crippen LogP contribution in [-0.4, -0.2) is 22.3 Å². The predicted molar refractivity (Wildman–Crippen MR) is 101 cm³/mol. The normalized spacial score (nSPS) is 12.3. The fourth-order valence-electron chi connectivity index (χ4n) is 2.45. The van der Waals surface area contributed by atoms with Gasteiger partial charge in [0.15, 0.2) is 5.69 Å². The molecule has 1 amide bonds. The molecule has 0 unspecified atom stereocenters. The Morgan fingerprint density at radius 3 is 2.76 bits per heavy atom. The zero-order valence-corrected chi connectivity index (χ0v) is 14.9. The van der Waals surface area contributed by atoms with Gasteiger partial charge in [-0.1, -0.05) is 36.8 Å². The molecule has 2 rings (SSSR count). The zero-order chi connectivity index (χ0) is 18.2. The predicted octanol–water partition coefficient (Wildman–Crippen LogP) is 3.41. The summed E-state index contributed by atoms with van der Waals surface area (Å²) >= 11 is 0. The van der Waals surface area contributed by atoms with E-state index in [0.29, 0.717) is 16.7 Å². The van der Waals surface area contributed by atoms with Crippen LogP contribution in [0.4, 0.5) is 0 Å². The van der Waals surface area contributed by atoms with E-state index < -0.39 is 5.91 Å². The van der Waals surface area contributed by atoms with Crippen molar-refractivity contribution < 1.29 is 4.79 Å². The lowest BCUT2D eigenvalue weighted by molar-refractivity contribution is 0.0951. The van der Waals surface area contributed by atoms with E-state index in [-0.39, 0.29) is 11.3 Å². The Morgan fingerprint density at radius 2 is 2.04 bits per heavy atom. The van der Waals surface area contributed by atoms with Crippen molar-refractivity contribution >= 4 is 22.9 Å². The molecule has 0 saturated carbocycles. The maximum atomic E-state index is 12.2. The van der Waals surface area contributed by atoms with Gasteiger partial charge in [0.05, 0.1) is 5.39 Å². The molecule has 0 saturated heterocycles. The largest absolute Gasteiger partial charge is 0.292 e. The molecule has 6 heteroatoms. The van der Waals surface area contributed by atoms with Crippen LogP contribution in [0.2, 0.25) is 0 Å². The number of aromatic nitrogens is 2. The molecule has 1 atom stereocenters. The lowest BCUT2D eigenvalue weighted by Crippen LogP contribution is -2.22.